The Balaban J connectivity index is 2.23. The van der Waals surface area contributed by atoms with Crippen LogP contribution in [0.4, 0.5) is 5.69 Å². The molecule has 1 aliphatic rings. The van der Waals surface area contributed by atoms with Gasteiger partial charge in [0.1, 0.15) is 0 Å². The molecule has 0 bridgehead atoms. The largest absolute Gasteiger partial charge is 0.487 e. The second-order valence-corrected chi connectivity index (χ2v) is 5.30. The molecule has 1 N–H and O–H groups in total. The predicted molar refractivity (Wildman–Crippen MR) is 80.5 cm³/mol. The van der Waals surface area contributed by atoms with Crippen LogP contribution in [-0.4, -0.2) is 46.5 Å². The van der Waals surface area contributed by atoms with Gasteiger partial charge in [0.25, 0.3) is 5.91 Å². The maximum Gasteiger partial charge on any atom is 0.311 e. The number of hydrogen-bond acceptors (Lipinski definition) is 5. The van der Waals surface area contributed by atoms with Crippen molar-refractivity contribution in [2.75, 3.05) is 19.7 Å². The van der Waals surface area contributed by atoms with Crippen molar-refractivity contribution in [1.82, 2.24) is 4.90 Å². The molecule has 23 heavy (non-hydrogen) atoms. The number of aliphatic carboxylic acids is 1. The lowest BCUT2D eigenvalue weighted by Gasteiger charge is -2.30. The van der Waals surface area contributed by atoms with Gasteiger partial charge in [-0.3, -0.25) is 19.7 Å². The maximum absolute atomic E-state index is 12.5. The fourth-order valence-corrected chi connectivity index (χ4v) is 2.62. The molecule has 124 valence electrons. The number of benzene rings is 1. The molecule has 1 heterocycles. The van der Waals surface area contributed by atoms with E-state index in [1.165, 1.54) is 23.1 Å². The summed E-state index contributed by atoms with van der Waals surface area (Å²) in [6, 6.07) is 4.04. The highest BCUT2D eigenvalue weighted by Crippen LogP contribution is 2.29. The maximum atomic E-state index is 12.5. The quantitative estimate of drug-likeness (QED) is 0.655. The van der Waals surface area contributed by atoms with Gasteiger partial charge >= 0.3 is 11.7 Å². The van der Waals surface area contributed by atoms with Crippen LogP contribution in [0.5, 0.6) is 5.75 Å². The molecule has 1 fully saturated rings. The summed E-state index contributed by atoms with van der Waals surface area (Å²) in [5, 5.41) is 20.2. The number of nitro groups is 1. The third-order valence-corrected chi connectivity index (χ3v) is 3.76. The molecule has 0 aliphatic carbocycles. The number of carboxylic acids is 1. The van der Waals surface area contributed by atoms with Crippen molar-refractivity contribution in [2.24, 2.45) is 5.92 Å². The van der Waals surface area contributed by atoms with Gasteiger partial charge < -0.3 is 14.7 Å². The highest BCUT2D eigenvalue weighted by Gasteiger charge is 2.29. The van der Waals surface area contributed by atoms with E-state index in [0.717, 1.165) is 0 Å². The third kappa shape index (κ3) is 3.77. The summed E-state index contributed by atoms with van der Waals surface area (Å²) >= 11 is 0. The van der Waals surface area contributed by atoms with E-state index in [4.69, 9.17) is 9.84 Å². The van der Waals surface area contributed by atoms with Crippen LogP contribution >= 0.6 is 0 Å². The molecule has 8 heteroatoms. The highest BCUT2D eigenvalue weighted by molar-refractivity contribution is 5.95. The Morgan fingerprint density at radius 2 is 2.22 bits per heavy atom. The summed E-state index contributed by atoms with van der Waals surface area (Å²) in [5.41, 5.74) is -0.115. The van der Waals surface area contributed by atoms with Crippen LogP contribution in [0.1, 0.15) is 30.1 Å². The number of carbonyl (C=O) groups is 2. The lowest BCUT2D eigenvalue weighted by Crippen LogP contribution is -2.42. The molecule has 1 aromatic rings. The lowest BCUT2D eigenvalue weighted by molar-refractivity contribution is -0.385. The van der Waals surface area contributed by atoms with E-state index in [0.29, 0.717) is 19.4 Å². The van der Waals surface area contributed by atoms with Crippen LogP contribution in [0.3, 0.4) is 0 Å². The van der Waals surface area contributed by atoms with E-state index in [9.17, 15) is 19.7 Å². The second-order valence-electron chi connectivity index (χ2n) is 5.30. The smallest absolute Gasteiger partial charge is 0.311 e. The normalized spacial score (nSPS) is 17.6. The van der Waals surface area contributed by atoms with Crippen LogP contribution in [0.15, 0.2) is 18.2 Å². The summed E-state index contributed by atoms with van der Waals surface area (Å²) in [4.78, 5) is 35.5. The number of rotatable bonds is 5. The van der Waals surface area contributed by atoms with Crippen LogP contribution < -0.4 is 4.74 Å². The fraction of sp³-hybridized carbons (Fsp3) is 0.467. The Kier molecular flexibility index (Phi) is 5.15. The number of amides is 1. The van der Waals surface area contributed by atoms with E-state index in [-0.39, 0.29) is 30.2 Å². The Morgan fingerprint density at radius 1 is 1.48 bits per heavy atom. The first-order chi connectivity index (χ1) is 10.9. The molecule has 0 radical (unpaired) electrons. The van der Waals surface area contributed by atoms with Gasteiger partial charge in [-0.25, -0.2) is 0 Å². The van der Waals surface area contributed by atoms with Crippen molar-refractivity contribution < 1.29 is 24.4 Å². The van der Waals surface area contributed by atoms with Crippen molar-refractivity contribution in [1.29, 1.82) is 0 Å². The minimum Gasteiger partial charge on any atom is -0.487 e. The van der Waals surface area contributed by atoms with Crippen molar-refractivity contribution >= 4 is 17.6 Å². The van der Waals surface area contributed by atoms with E-state index < -0.39 is 22.7 Å². The molecule has 1 aliphatic heterocycles. The molecular formula is C15H18N2O6. The number of carboxylic acid groups (broad SMARTS) is 1. The molecule has 0 aromatic heterocycles. The lowest BCUT2D eigenvalue weighted by atomic mass is 9.97. The first-order valence-electron chi connectivity index (χ1n) is 7.37. The zero-order valence-corrected chi connectivity index (χ0v) is 12.7. The van der Waals surface area contributed by atoms with Gasteiger partial charge in [-0.2, -0.15) is 0 Å². The molecule has 1 amide bonds. The Bertz CT molecular complexity index is 630. The molecule has 8 nitrogen and oxygen atoms in total. The van der Waals surface area contributed by atoms with E-state index >= 15 is 0 Å². The number of carbonyl (C=O) groups excluding carboxylic acids is 1. The van der Waals surface area contributed by atoms with Gasteiger partial charge in [-0.05, 0) is 31.9 Å². The SMILES string of the molecule is CCOc1ccc(C(=O)N2CCCC(C(=O)O)C2)cc1[N+](=O)[O-]. The number of likely N-dealkylation sites (tertiary alicyclic amines) is 1. The third-order valence-electron chi connectivity index (χ3n) is 3.76. The zero-order valence-electron chi connectivity index (χ0n) is 12.7. The van der Waals surface area contributed by atoms with Crippen LogP contribution in [0, 0.1) is 16.0 Å². The molecule has 0 saturated carbocycles. The summed E-state index contributed by atoms with van der Waals surface area (Å²) < 4.78 is 5.18. The topological polar surface area (TPSA) is 110 Å². The fourth-order valence-electron chi connectivity index (χ4n) is 2.62. The first-order valence-corrected chi connectivity index (χ1v) is 7.37. The minimum absolute atomic E-state index is 0.108. The zero-order chi connectivity index (χ0) is 17.0. The standard InChI is InChI=1S/C15H18N2O6/c1-2-23-13-6-5-10(8-12(13)17(21)22)14(18)16-7-3-4-11(9-16)15(19)20/h5-6,8,11H,2-4,7,9H2,1H3,(H,19,20). The van der Waals surface area contributed by atoms with Crippen LogP contribution in [-0.2, 0) is 4.79 Å². The van der Waals surface area contributed by atoms with E-state index in [2.05, 4.69) is 0 Å². The van der Waals surface area contributed by atoms with Gasteiger partial charge in [0.2, 0.25) is 0 Å². The number of nitrogens with zero attached hydrogens (tertiary/aromatic N) is 2. The summed E-state index contributed by atoms with van der Waals surface area (Å²) in [7, 11) is 0. The van der Waals surface area contributed by atoms with E-state index in [1.807, 2.05) is 0 Å². The van der Waals surface area contributed by atoms with Gasteiger partial charge in [-0.15, -0.1) is 0 Å². The average Bonchev–Trinajstić information content (AvgIpc) is 2.54. The number of hydrogen-bond donors (Lipinski definition) is 1. The van der Waals surface area contributed by atoms with Gasteiger partial charge in [0.05, 0.1) is 17.4 Å². The van der Waals surface area contributed by atoms with Gasteiger partial charge in [-0.1, -0.05) is 0 Å². The molecule has 1 unspecified atom stereocenters. The van der Waals surface area contributed by atoms with Crippen LogP contribution in [0.25, 0.3) is 0 Å². The summed E-state index contributed by atoms with van der Waals surface area (Å²) in [5.74, 6) is -1.82. The first kappa shape index (κ1) is 16.7. The van der Waals surface area contributed by atoms with Crippen molar-refractivity contribution in [3.8, 4) is 5.75 Å². The Morgan fingerprint density at radius 3 is 2.83 bits per heavy atom. The number of ether oxygens (including phenoxy) is 1. The summed E-state index contributed by atoms with van der Waals surface area (Å²) in [6.07, 6.45) is 1.13. The van der Waals surface area contributed by atoms with Crippen molar-refractivity contribution in [2.45, 2.75) is 19.8 Å². The molecule has 2 rings (SSSR count). The number of piperidine rings is 1. The summed E-state index contributed by atoms with van der Waals surface area (Å²) in [6.45, 7) is 2.56. The van der Waals surface area contributed by atoms with Gasteiger partial charge in [0, 0.05) is 24.7 Å². The number of nitro benzene ring substituents is 1. The second kappa shape index (κ2) is 7.08. The Hall–Kier alpha value is -2.64. The monoisotopic (exact) mass is 322 g/mol. The Labute approximate surface area is 132 Å². The molecule has 1 aromatic carbocycles. The minimum atomic E-state index is -0.930. The van der Waals surface area contributed by atoms with Crippen molar-refractivity contribution in [3.63, 3.8) is 0 Å². The average molecular weight is 322 g/mol. The highest BCUT2D eigenvalue weighted by atomic mass is 16.6. The molecule has 0 spiro atoms. The predicted octanol–water partition coefficient (Wildman–Crippen LogP) is 1.93. The molecule has 1 saturated heterocycles. The van der Waals surface area contributed by atoms with E-state index in [1.54, 1.807) is 6.92 Å². The van der Waals surface area contributed by atoms with Gasteiger partial charge in [0.15, 0.2) is 5.75 Å². The molecular weight excluding hydrogens is 304 g/mol. The van der Waals surface area contributed by atoms with Crippen molar-refractivity contribution in [3.05, 3.63) is 33.9 Å². The molecule has 1 atom stereocenters. The van der Waals surface area contributed by atoms with Crippen LogP contribution in [0.2, 0.25) is 0 Å².